The van der Waals surface area contributed by atoms with Crippen LogP contribution in [0.1, 0.15) is 29.7 Å². The minimum absolute atomic E-state index is 0.178. The van der Waals surface area contributed by atoms with E-state index in [0.29, 0.717) is 6.42 Å². The highest BCUT2D eigenvalue weighted by molar-refractivity contribution is 5.88. The highest BCUT2D eigenvalue weighted by Crippen LogP contribution is 2.31. The molecule has 1 aliphatic carbocycles. The van der Waals surface area contributed by atoms with E-state index in [0.717, 1.165) is 29.3 Å². The Morgan fingerprint density at radius 2 is 1.85 bits per heavy atom. The van der Waals surface area contributed by atoms with Gasteiger partial charge in [0.05, 0.1) is 18.6 Å². The molecule has 0 saturated carbocycles. The molecule has 3 rings (SSSR count). The van der Waals surface area contributed by atoms with Gasteiger partial charge in [0.2, 0.25) is 11.8 Å². The third-order valence-electron chi connectivity index (χ3n) is 4.56. The van der Waals surface area contributed by atoms with Gasteiger partial charge < -0.3 is 15.7 Å². The molecule has 0 saturated heterocycles. The van der Waals surface area contributed by atoms with Crippen molar-refractivity contribution >= 4 is 11.8 Å². The molecule has 7 heteroatoms. The Morgan fingerprint density at radius 3 is 2.56 bits per heavy atom. The zero-order valence-corrected chi connectivity index (χ0v) is 14.7. The lowest BCUT2D eigenvalue weighted by Gasteiger charge is -2.21. The van der Waals surface area contributed by atoms with Crippen molar-refractivity contribution in [3.63, 3.8) is 0 Å². The van der Waals surface area contributed by atoms with Gasteiger partial charge in [-0.15, -0.1) is 0 Å². The van der Waals surface area contributed by atoms with E-state index in [1.165, 1.54) is 6.92 Å². The molecule has 0 fully saturated rings. The summed E-state index contributed by atoms with van der Waals surface area (Å²) in [6.45, 7) is 1.51. The Labute approximate surface area is 155 Å². The third kappa shape index (κ3) is 4.49. The van der Waals surface area contributed by atoms with E-state index in [1.807, 2.05) is 24.3 Å². The topological polar surface area (TPSA) is 78.4 Å². The number of fused-ring (bicyclic) bond motifs is 1. The molecule has 2 amide bonds. The van der Waals surface area contributed by atoms with Crippen molar-refractivity contribution in [2.75, 3.05) is 0 Å². The number of hydrogen-bond acceptors (Lipinski definition) is 3. The molecule has 0 aromatic heterocycles. The van der Waals surface area contributed by atoms with Gasteiger partial charge in [-0.3, -0.25) is 9.59 Å². The predicted octanol–water partition coefficient (Wildman–Crippen LogP) is 1.79. The second-order valence-corrected chi connectivity index (χ2v) is 6.70. The molecule has 5 nitrogen and oxygen atoms in total. The van der Waals surface area contributed by atoms with Crippen LogP contribution in [0.15, 0.2) is 42.5 Å². The molecule has 0 heterocycles. The van der Waals surface area contributed by atoms with E-state index in [2.05, 4.69) is 10.6 Å². The fraction of sp³-hybridized carbons (Fsp3) is 0.300. The Balaban J connectivity index is 1.58. The number of aliphatic hydroxyl groups is 1. The van der Waals surface area contributed by atoms with Gasteiger partial charge >= 0.3 is 0 Å². The first-order chi connectivity index (χ1) is 12.8. The number of benzene rings is 2. The molecule has 0 aliphatic heterocycles. The average molecular weight is 374 g/mol. The predicted molar refractivity (Wildman–Crippen MR) is 94.7 cm³/mol. The fourth-order valence-electron chi connectivity index (χ4n) is 3.28. The molecule has 1 aliphatic rings. The number of nitrogens with one attached hydrogen (secondary N) is 2. The van der Waals surface area contributed by atoms with Crippen molar-refractivity contribution in [1.29, 1.82) is 0 Å². The maximum absolute atomic E-state index is 13.2. The van der Waals surface area contributed by atoms with Gasteiger partial charge in [-0.25, -0.2) is 8.78 Å². The summed E-state index contributed by atoms with van der Waals surface area (Å²) in [5, 5.41) is 15.4. The number of halogens is 2. The van der Waals surface area contributed by atoms with E-state index in [4.69, 9.17) is 0 Å². The van der Waals surface area contributed by atoms with Crippen LogP contribution < -0.4 is 10.6 Å². The van der Waals surface area contributed by atoms with Gasteiger partial charge in [-0.1, -0.05) is 24.3 Å². The Hall–Kier alpha value is -2.80. The number of carbonyl (C=O) groups excluding carboxylic acids is 2. The minimum atomic E-state index is -0.865. The lowest BCUT2D eigenvalue weighted by atomic mass is 10.1. The van der Waals surface area contributed by atoms with Crippen molar-refractivity contribution in [2.24, 2.45) is 0 Å². The van der Waals surface area contributed by atoms with Crippen LogP contribution in [0, 0.1) is 11.6 Å². The van der Waals surface area contributed by atoms with Crippen LogP contribution in [0.3, 0.4) is 0 Å². The summed E-state index contributed by atoms with van der Waals surface area (Å²) >= 11 is 0. The largest absolute Gasteiger partial charge is 0.390 e. The third-order valence-corrected chi connectivity index (χ3v) is 4.56. The monoisotopic (exact) mass is 374 g/mol. The second kappa shape index (κ2) is 7.84. The van der Waals surface area contributed by atoms with E-state index in [1.54, 1.807) is 0 Å². The van der Waals surface area contributed by atoms with Crippen molar-refractivity contribution in [3.8, 4) is 0 Å². The van der Waals surface area contributed by atoms with Crippen molar-refractivity contribution in [1.82, 2.24) is 10.6 Å². The number of amides is 2. The molecule has 27 heavy (non-hydrogen) atoms. The van der Waals surface area contributed by atoms with E-state index in [9.17, 15) is 23.5 Å². The molecular weight excluding hydrogens is 354 g/mol. The van der Waals surface area contributed by atoms with Crippen molar-refractivity contribution in [2.45, 2.75) is 38.0 Å². The van der Waals surface area contributed by atoms with Gasteiger partial charge in [0.15, 0.2) is 0 Å². The summed E-state index contributed by atoms with van der Waals surface area (Å²) in [6, 6.07) is 8.90. The van der Waals surface area contributed by atoms with Gasteiger partial charge in [-0.05, 0) is 35.7 Å². The Morgan fingerprint density at radius 1 is 1.19 bits per heavy atom. The number of aliphatic hydroxyl groups excluding tert-OH is 1. The van der Waals surface area contributed by atoms with Crippen molar-refractivity contribution in [3.05, 3.63) is 70.8 Å². The highest BCUT2D eigenvalue weighted by atomic mass is 19.1. The molecule has 0 bridgehead atoms. The zero-order chi connectivity index (χ0) is 19.6. The number of hydrogen-bond donors (Lipinski definition) is 3. The average Bonchev–Trinajstić information content (AvgIpc) is 2.89. The molecule has 142 valence electrons. The van der Waals surface area contributed by atoms with Crippen molar-refractivity contribution < 1.29 is 23.5 Å². The standard InChI is InChI=1S/C20H20F2N2O3/c1-11(23-18(26)8-12-6-14(21)10-15(22)7-12)20(27)24-19-16-5-3-2-4-13(16)9-17(19)25/h2-7,10-11,17,19,25H,8-9H2,1H3,(H,23,26)(H,24,27)/t11-,17+,19+/m0/s1. The zero-order valence-electron chi connectivity index (χ0n) is 14.7. The molecule has 0 unspecified atom stereocenters. The summed E-state index contributed by atoms with van der Waals surface area (Å²) in [5.41, 5.74) is 2.00. The summed E-state index contributed by atoms with van der Waals surface area (Å²) < 4.78 is 26.4. The van der Waals surface area contributed by atoms with Crippen LogP contribution in [-0.4, -0.2) is 29.1 Å². The maximum atomic E-state index is 13.2. The van der Waals surface area contributed by atoms with E-state index < -0.39 is 41.6 Å². The summed E-state index contributed by atoms with van der Waals surface area (Å²) in [5.74, 6) is -2.51. The van der Waals surface area contributed by atoms with Gasteiger partial charge in [-0.2, -0.15) is 0 Å². The maximum Gasteiger partial charge on any atom is 0.242 e. The highest BCUT2D eigenvalue weighted by Gasteiger charge is 2.32. The normalized spacial score (nSPS) is 19.3. The van der Waals surface area contributed by atoms with Gasteiger partial charge in [0.25, 0.3) is 0 Å². The summed E-state index contributed by atoms with van der Waals surface area (Å²) in [4.78, 5) is 24.5. The van der Waals surface area contributed by atoms with E-state index in [-0.39, 0.29) is 12.0 Å². The molecular formula is C20H20F2N2O3. The lowest BCUT2D eigenvalue weighted by molar-refractivity contribution is -0.129. The molecule has 2 aromatic carbocycles. The van der Waals surface area contributed by atoms with Crippen LogP contribution >= 0.6 is 0 Å². The molecule has 0 radical (unpaired) electrons. The second-order valence-electron chi connectivity index (χ2n) is 6.70. The van der Waals surface area contributed by atoms with Crippen LogP contribution in [0.2, 0.25) is 0 Å². The number of carbonyl (C=O) groups is 2. The smallest absolute Gasteiger partial charge is 0.242 e. The quantitative estimate of drug-likeness (QED) is 0.747. The molecule has 3 atom stereocenters. The minimum Gasteiger partial charge on any atom is -0.390 e. The molecule has 3 N–H and O–H groups in total. The fourth-order valence-corrected chi connectivity index (χ4v) is 3.28. The molecule has 0 spiro atoms. The van der Waals surface area contributed by atoms with Crippen LogP contribution in [0.4, 0.5) is 8.78 Å². The van der Waals surface area contributed by atoms with Crippen LogP contribution in [-0.2, 0) is 22.4 Å². The summed E-state index contributed by atoms with van der Waals surface area (Å²) in [6.07, 6.45) is -0.529. The summed E-state index contributed by atoms with van der Waals surface area (Å²) in [7, 11) is 0. The Bertz CT molecular complexity index is 852. The lowest BCUT2D eigenvalue weighted by Crippen LogP contribution is -2.47. The van der Waals surface area contributed by atoms with Gasteiger partial charge in [0, 0.05) is 12.5 Å². The SMILES string of the molecule is C[C@H](NC(=O)Cc1cc(F)cc(F)c1)C(=O)N[C@@H]1c2ccccc2C[C@H]1O. The van der Waals surface area contributed by atoms with Gasteiger partial charge in [0.1, 0.15) is 17.7 Å². The number of rotatable bonds is 5. The molecule has 2 aromatic rings. The first-order valence-corrected chi connectivity index (χ1v) is 8.64. The Kier molecular flexibility index (Phi) is 5.51. The van der Waals surface area contributed by atoms with Crippen LogP contribution in [0.25, 0.3) is 0 Å². The first kappa shape index (κ1) is 19.0. The van der Waals surface area contributed by atoms with E-state index >= 15 is 0 Å². The first-order valence-electron chi connectivity index (χ1n) is 8.64. The van der Waals surface area contributed by atoms with Crippen LogP contribution in [0.5, 0.6) is 0 Å².